The first-order chi connectivity index (χ1) is 10.1. The molecule has 0 aliphatic carbocycles. The Labute approximate surface area is 126 Å². The number of nitrogens with one attached hydrogen (secondary N) is 1. The van der Waals surface area contributed by atoms with E-state index in [0.717, 1.165) is 32.6 Å². The number of amides is 1. The van der Waals surface area contributed by atoms with Crippen molar-refractivity contribution in [3.05, 3.63) is 29.8 Å². The Morgan fingerprint density at radius 1 is 1.33 bits per heavy atom. The molecule has 1 aliphatic heterocycles. The average Bonchev–Trinajstić information content (AvgIpc) is 2.50. The predicted molar refractivity (Wildman–Crippen MR) is 83.4 cm³/mol. The zero-order chi connectivity index (χ0) is 15.2. The van der Waals surface area contributed by atoms with Gasteiger partial charge in [0, 0.05) is 32.2 Å². The number of nitrogens with zero attached hydrogens (tertiary/aromatic N) is 2. The summed E-state index contributed by atoms with van der Waals surface area (Å²) in [4.78, 5) is 16.3. The molecule has 5 heteroatoms. The van der Waals surface area contributed by atoms with Crippen LogP contribution in [-0.4, -0.2) is 66.6 Å². The monoisotopic (exact) mass is 291 g/mol. The van der Waals surface area contributed by atoms with E-state index in [1.165, 1.54) is 5.56 Å². The van der Waals surface area contributed by atoms with Gasteiger partial charge in [-0.3, -0.25) is 9.69 Å². The highest BCUT2D eigenvalue weighted by Gasteiger charge is 2.19. The van der Waals surface area contributed by atoms with E-state index < -0.39 is 0 Å². The number of aromatic hydroxyl groups is 1. The lowest BCUT2D eigenvalue weighted by molar-refractivity contribution is -0.133. The van der Waals surface area contributed by atoms with E-state index >= 15 is 0 Å². The summed E-state index contributed by atoms with van der Waals surface area (Å²) in [6.07, 6.45) is 0.867. The van der Waals surface area contributed by atoms with Crippen LogP contribution in [-0.2, 0) is 11.2 Å². The highest BCUT2D eigenvalue weighted by molar-refractivity contribution is 5.78. The Morgan fingerprint density at radius 2 is 1.95 bits per heavy atom. The van der Waals surface area contributed by atoms with Gasteiger partial charge in [0.05, 0.1) is 6.54 Å². The molecule has 21 heavy (non-hydrogen) atoms. The molecule has 2 N–H and O–H groups in total. The van der Waals surface area contributed by atoms with Crippen LogP contribution in [0.3, 0.4) is 0 Å². The number of hydrogen-bond acceptors (Lipinski definition) is 4. The highest BCUT2D eigenvalue weighted by Crippen LogP contribution is 2.13. The van der Waals surface area contributed by atoms with Crippen LogP contribution in [0.25, 0.3) is 0 Å². The molecular weight excluding hydrogens is 266 g/mol. The molecular formula is C16H25N3O2. The standard InChI is InChI=1S/C16H25N3O2/c1-13(11-14-3-5-15(20)6-4-14)18(2)12-16(21)19-9-7-17-8-10-19/h3-6,13,17,20H,7-12H2,1-2H3. The van der Waals surface area contributed by atoms with Crippen LogP contribution in [0.2, 0.25) is 0 Å². The Balaban J connectivity index is 1.82. The van der Waals surface area contributed by atoms with Crippen molar-refractivity contribution in [1.29, 1.82) is 0 Å². The fourth-order valence-electron chi connectivity index (χ4n) is 2.51. The van der Waals surface area contributed by atoms with E-state index in [0.29, 0.717) is 6.54 Å². The fraction of sp³-hybridized carbons (Fsp3) is 0.562. The summed E-state index contributed by atoms with van der Waals surface area (Å²) >= 11 is 0. The van der Waals surface area contributed by atoms with Crippen LogP contribution in [0.15, 0.2) is 24.3 Å². The minimum Gasteiger partial charge on any atom is -0.508 e. The minimum atomic E-state index is 0.205. The van der Waals surface area contributed by atoms with Gasteiger partial charge in [-0.05, 0) is 38.1 Å². The highest BCUT2D eigenvalue weighted by atomic mass is 16.3. The van der Waals surface area contributed by atoms with Crippen LogP contribution < -0.4 is 5.32 Å². The van der Waals surface area contributed by atoms with Crippen LogP contribution >= 0.6 is 0 Å². The second-order valence-corrected chi connectivity index (χ2v) is 5.77. The molecule has 1 heterocycles. The number of phenolic OH excluding ortho intramolecular Hbond substituents is 1. The molecule has 116 valence electrons. The quantitative estimate of drug-likeness (QED) is 0.838. The van der Waals surface area contributed by atoms with Gasteiger partial charge in [-0.2, -0.15) is 0 Å². The van der Waals surface area contributed by atoms with Gasteiger partial charge in [-0.1, -0.05) is 12.1 Å². The van der Waals surface area contributed by atoms with Crippen LogP contribution in [0.4, 0.5) is 0 Å². The Bertz CT molecular complexity index is 455. The summed E-state index contributed by atoms with van der Waals surface area (Å²) in [5.41, 5.74) is 1.17. The van der Waals surface area contributed by atoms with Gasteiger partial charge in [-0.25, -0.2) is 0 Å². The molecule has 0 radical (unpaired) electrons. The molecule has 1 aromatic carbocycles. The van der Waals surface area contributed by atoms with Gasteiger partial charge in [-0.15, -0.1) is 0 Å². The third-order valence-electron chi connectivity index (χ3n) is 4.07. The van der Waals surface area contributed by atoms with Crippen LogP contribution in [0.1, 0.15) is 12.5 Å². The minimum absolute atomic E-state index is 0.205. The number of benzene rings is 1. The predicted octanol–water partition coefficient (Wildman–Crippen LogP) is 0.687. The normalized spacial score (nSPS) is 17.0. The molecule has 1 fully saturated rings. The van der Waals surface area contributed by atoms with E-state index in [2.05, 4.69) is 17.1 Å². The van der Waals surface area contributed by atoms with Crippen molar-refractivity contribution in [2.75, 3.05) is 39.8 Å². The summed E-state index contributed by atoms with van der Waals surface area (Å²) in [7, 11) is 1.99. The van der Waals surface area contributed by atoms with Gasteiger partial charge in [0.2, 0.25) is 5.91 Å². The average molecular weight is 291 g/mol. The molecule has 5 nitrogen and oxygen atoms in total. The molecule has 2 rings (SSSR count). The summed E-state index contributed by atoms with van der Waals surface area (Å²) in [6.45, 7) is 5.96. The summed E-state index contributed by atoms with van der Waals surface area (Å²) in [5, 5.41) is 12.6. The summed E-state index contributed by atoms with van der Waals surface area (Å²) < 4.78 is 0. The molecule has 1 amide bonds. The smallest absolute Gasteiger partial charge is 0.236 e. The van der Waals surface area contributed by atoms with E-state index in [1.807, 2.05) is 24.1 Å². The Kier molecular flexibility index (Phi) is 5.59. The van der Waals surface area contributed by atoms with Crippen molar-refractivity contribution in [3.63, 3.8) is 0 Å². The maximum absolute atomic E-state index is 12.2. The molecule has 1 unspecified atom stereocenters. The third-order valence-corrected chi connectivity index (χ3v) is 4.07. The summed E-state index contributed by atoms with van der Waals surface area (Å²) in [5.74, 6) is 0.491. The first-order valence-electron chi connectivity index (χ1n) is 7.53. The fourth-order valence-corrected chi connectivity index (χ4v) is 2.51. The van der Waals surface area contributed by atoms with E-state index in [4.69, 9.17) is 0 Å². The lowest BCUT2D eigenvalue weighted by Gasteiger charge is -2.31. The number of rotatable bonds is 5. The lowest BCUT2D eigenvalue weighted by Crippen LogP contribution is -2.50. The lowest BCUT2D eigenvalue weighted by atomic mass is 10.1. The van der Waals surface area contributed by atoms with Crippen molar-refractivity contribution in [2.45, 2.75) is 19.4 Å². The SMILES string of the molecule is CC(Cc1ccc(O)cc1)N(C)CC(=O)N1CCNCC1. The largest absolute Gasteiger partial charge is 0.508 e. The maximum atomic E-state index is 12.2. The molecule has 0 bridgehead atoms. The second kappa shape index (κ2) is 7.43. The summed E-state index contributed by atoms with van der Waals surface area (Å²) in [6, 6.07) is 7.54. The van der Waals surface area contributed by atoms with Gasteiger partial charge in [0.1, 0.15) is 5.75 Å². The molecule has 0 spiro atoms. The van der Waals surface area contributed by atoms with Crippen molar-refractivity contribution in [3.8, 4) is 5.75 Å². The molecule has 1 atom stereocenters. The van der Waals surface area contributed by atoms with E-state index in [9.17, 15) is 9.90 Å². The van der Waals surface area contributed by atoms with Gasteiger partial charge in [0.25, 0.3) is 0 Å². The number of piperazine rings is 1. The second-order valence-electron chi connectivity index (χ2n) is 5.77. The molecule has 1 aliphatic rings. The first kappa shape index (κ1) is 15.8. The van der Waals surface area contributed by atoms with Gasteiger partial charge in [0.15, 0.2) is 0 Å². The molecule has 0 aromatic heterocycles. The number of hydrogen-bond donors (Lipinski definition) is 2. The van der Waals surface area contributed by atoms with Crippen molar-refractivity contribution < 1.29 is 9.90 Å². The number of carbonyl (C=O) groups excluding carboxylic acids is 1. The number of phenols is 1. The maximum Gasteiger partial charge on any atom is 0.236 e. The van der Waals surface area contributed by atoms with Crippen LogP contribution in [0, 0.1) is 0 Å². The third kappa shape index (κ3) is 4.72. The van der Waals surface area contributed by atoms with Crippen molar-refractivity contribution in [2.24, 2.45) is 0 Å². The van der Waals surface area contributed by atoms with E-state index in [1.54, 1.807) is 12.1 Å². The molecule has 1 saturated heterocycles. The van der Waals surface area contributed by atoms with Gasteiger partial charge < -0.3 is 15.3 Å². The molecule has 1 aromatic rings. The first-order valence-corrected chi connectivity index (χ1v) is 7.53. The topological polar surface area (TPSA) is 55.8 Å². The molecule has 0 saturated carbocycles. The van der Waals surface area contributed by atoms with Crippen LogP contribution in [0.5, 0.6) is 5.75 Å². The zero-order valence-electron chi connectivity index (χ0n) is 12.9. The van der Waals surface area contributed by atoms with Gasteiger partial charge >= 0.3 is 0 Å². The van der Waals surface area contributed by atoms with Crippen molar-refractivity contribution in [1.82, 2.24) is 15.1 Å². The number of carbonyl (C=O) groups is 1. The van der Waals surface area contributed by atoms with Crippen molar-refractivity contribution >= 4 is 5.91 Å². The zero-order valence-corrected chi connectivity index (χ0v) is 12.9. The number of likely N-dealkylation sites (N-methyl/N-ethyl adjacent to an activating group) is 1. The Hall–Kier alpha value is -1.59. The Morgan fingerprint density at radius 3 is 2.57 bits per heavy atom. The van der Waals surface area contributed by atoms with E-state index in [-0.39, 0.29) is 17.7 Å².